The van der Waals surface area contributed by atoms with Crippen LogP contribution in [0.5, 0.6) is 0 Å². The van der Waals surface area contributed by atoms with Gasteiger partial charge in [-0.2, -0.15) is 0 Å². The fraction of sp³-hybridized carbons (Fsp3) is 0.182. The van der Waals surface area contributed by atoms with E-state index in [1.165, 1.54) is 0 Å². The molecule has 0 spiro atoms. The number of benzene rings is 1. The molecule has 0 amide bonds. The SMILES string of the molecule is C=C[C@@H](CC(=O)[O-])c1ccccc1. The first kappa shape index (κ1) is 9.52. The van der Waals surface area contributed by atoms with Crippen molar-refractivity contribution < 1.29 is 9.90 Å². The van der Waals surface area contributed by atoms with Crippen molar-refractivity contribution in [3.8, 4) is 0 Å². The van der Waals surface area contributed by atoms with E-state index in [9.17, 15) is 9.90 Å². The van der Waals surface area contributed by atoms with Crippen LogP contribution in [0.3, 0.4) is 0 Å². The van der Waals surface area contributed by atoms with Gasteiger partial charge in [0.25, 0.3) is 0 Å². The van der Waals surface area contributed by atoms with Gasteiger partial charge in [-0.25, -0.2) is 0 Å². The number of carbonyl (C=O) groups is 1. The van der Waals surface area contributed by atoms with Crippen molar-refractivity contribution in [3.05, 3.63) is 48.6 Å². The lowest BCUT2D eigenvalue weighted by atomic mass is 9.96. The van der Waals surface area contributed by atoms with Crippen LogP contribution in [0.4, 0.5) is 0 Å². The van der Waals surface area contributed by atoms with E-state index in [1.54, 1.807) is 6.08 Å². The third-order valence-electron chi connectivity index (χ3n) is 1.90. The molecule has 0 saturated heterocycles. The van der Waals surface area contributed by atoms with Crippen molar-refractivity contribution in [2.45, 2.75) is 12.3 Å². The fourth-order valence-electron chi connectivity index (χ4n) is 1.22. The van der Waals surface area contributed by atoms with Crippen LogP contribution in [0.25, 0.3) is 0 Å². The molecule has 0 unspecified atom stereocenters. The van der Waals surface area contributed by atoms with Crippen LogP contribution in [0, 0.1) is 0 Å². The van der Waals surface area contributed by atoms with Crippen molar-refractivity contribution in [3.63, 3.8) is 0 Å². The lowest BCUT2D eigenvalue weighted by molar-refractivity contribution is -0.305. The molecule has 0 bridgehead atoms. The molecule has 0 aliphatic carbocycles. The lowest BCUT2D eigenvalue weighted by Crippen LogP contribution is -2.23. The van der Waals surface area contributed by atoms with Crippen LogP contribution in [0.2, 0.25) is 0 Å². The molecular formula is C11H11O2-. The second-order valence-electron chi connectivity index (χ2n) is 2.83. The number of carbonyl (C=O) groups excluding carboxylic acids is 1. The van der Waals surface area contributed by atoms with Crippen molar-refractivity contribution in [2.75, 3.05) is 0 Å². The fourth-order valence-corrected chi connectivity index (χ4v) is 1.22. The van der Waals surface area contributed by atoms with Gasteiger partial charge in [0.1, 0.15) is 0 Å². The molecule has 2 heteroatoms. The highest BCUT2D eigenvalue weighted by Gasteiger charge is 2.06. The first-order valence-corrected chi connectivity index (χ1v) is 4.11. The van der Waals surface area contributed by atoms with Gasteiger partial charge in [0.05, 0.1) is 0 Å². The highest BCUT2D eigenvalue weighted by molar-refractivity contribution is 5.66. The van der Waals surface area contributed by atoms with Crippen LogP contribution >= 0.6 is 0 Å². The molecule has 0 fully saturated rings. The Kier molecular flexibility index (Phi) is 3.26. The van der Waals surface area contributed by atoms with Crippen molar-refractivity contribution in [1.82, 2.24) is 0 Å². The Labute approximate surface area is 77.5 Å². The summed E-state index contributed by atoms with van der Waals surface area (Å²) in [6, 6.07) is 9.41. The van der Waals surface area contributed by atoms with E-state index < -0.39 is 5.97 Å². The predicted octanol–water partition coefficient (Wildman–Crippen LogP) is 1.10. The van der Waals surface area contributed by atoms with Crippen LogP contribution in [0.15, 0.2) is 43.0 Å². The third-order valence-corrected chi connectivity index (χ3v) is 1.90. The molecule has 1 atom stereocenters. The van der Waals surface area contributed by atoms with Gasteiger partial charge in [-0.1, -0.05) is 36.4 Å². The summed E-state index contributed by atoms with van der Waals surface area (Å²) in [6.45, 7) is 3.60. The number of aliphatic carboxylic acids is 1. The zero-order valence-electron chi connectivity index (χ0n) is 7.27. The summed E-state index contributed by atoms with van der Waals surface area (Å²) in [6.07, 6.45) is 1.62. The molecule has 1 aromatic rings. The number of allylic oxidation sites excluding steroid dienone is 1. The Morgan fingerprint density at radius 2 is 2.08 bits per heavy atom. The van der Waals surface area contributed by atoms with Crippen LogP contribution < -0.4 is 5.11 Å². The molecule has 1 aromatic carbocycles. The van der Waals surface area contributed by atoms with Gasteiger partial charge in [0.15, 0.2) is 0 Å². The van der Waals surface area contributed by atoms with Crippen LogP contribution in [-0.2, 0) is 4.79 Å². The number of hydrogen-bond donors (Lipinski definition) is 0. The molecule has 1 rings (SSSR count). The molecule has 2 nitrogen and oxygen atoms in total. The number of hydrogen-bond acceptors (Lipinski definition) is 2. The largest absolute Gasteiger partial charge is 0.550 e. The average Bonchev–Trinajstić information content (AvgIpc) is 2.15. The number of rotatable bonds is 4. The normalized spacial score (nSPS) is 12.0. The van der Waals surface area contributed by atoms with Gasteiger partial charge < -0.3 is 9.90 Å². The van der Waals surface area contributed by atoms with Gasteiger partial charge in [-0.3, -0.25) is 0 Å². The van der Waals surface area contributed by atoms with E-state index in [4.69, 9.17) is 0 Å². The second-order valence-corrected chi connectivity index (χ2v) is 2.83. The van der Waals surface area contributed by atoms with Gasteiger partial charge in [0.2, 0.25) is 0 Å². The van der Waals surface area contributed by atoms with Crippen molar-refractivity contribution in [2.24, 2.45) is 0 Å². The quantitative estimate of drug-likeness (QED) is 0.643. The van der Waals surface area contributed by atoms with E-state index in [1.807, 2.05) is 30.3 Å². The minimum Gasteiger partial charge on any atom is -0.550 e. The smallest absolute Gasteiger partial charge is 0.0423 e. The average molecular weight is 175 g/mol. The maximum atomic E-state index is 10.4. The summed E-state index contributed by atoms with van der Waals surface area (Å²) in [5.41, 5.74) is 0.960. The molecule has 0 N–H and O–H groups in total. The Morgan fingerprint density at radius 3 is 2.54 bits per heavy atom. The summed E-state index contributed by atoms with van der Waals surface area (Å²) in [5, 5.41) is 10.4. The summed E-state index contributed by atoms with van der Waals surface area (Å²) >= 11 is 0. The second kappa shape index (κ2) is 4.45. The zero-order chi connectivity index (χ0) is 9.68. The molecule has 0 heterocycles. The molecule has 0 aromatic heterocycles. The summed E-state index contributed by atoms with van der Waals surface area (Å²) in [5.74, 6) is -1.19. The van der Waals surface area contributed by atoms with Crippen LogP contribution in [0.1, 0.15) is 17.9 Å². The Bertz CT molecular complexity index is 290. The van der Waals surface area contributed by atoms with E-state index in [0.717, 1.165) is 5.56 Å². The molecule has 0 aliphatic heterocycles. The number of carboxylic acids is 1. The van der Waals surface area contributed by atoms with Gasteiger partial charge in [-0.15, -0.1) is 6.58 Å². The Morgan fingerprint density at radius 1 is 1.46 bits per heavy atom. The lowest BCUT2D eigenvalue weighted by Gasteiger charge is -2.12. The highest BCUT2D eigenvalue weighted by Crippen LogP contribution is 2.19. The molecular weight excluding hydrogens is 164 g/mol. The minimum atomic E-state index is -1.05. The predicted molar refractivity (Wildman–Crippen MR) is 49.0 cm³/mol. The first-order chi connectivity index (χ1) is 6.24. The maximum absolute atomic E-state index is 10.4. The van der Waals surface area contributed by atoms with Gasteiger partial charge >= 0.3 is 0 Å². The first-order valence-electron chi connectivity index (χ1n) is 4.11. The van der Waals surface area contributed by atoms with Crippen molar-refractivity contribution >= 4 is 5.97 Å². The monoisotopic (exact) mass is 175 g/mol. The number of carboxylic acid groups (broad SMARTS) is 1. The molecule has 13 heavy (non-hydrogen) atoms. The van der Waals surface area contributed by atoms with Gasteiger partial charge in [0, 0.05) is 11.9 Å². The molecule has 0 saturated carbocycles. The van der Waals surface area contributed by atoms with E-state index in [0.29, 0.717) is 0 Å². The van der Waals surface area contributed by atoms with E-state index >= 15 is 0 Å². The highest BCUT2D eigenvalue weighted by atomic mass is 16.4. The van der Waals surface area contributed by atoms with Gasteiger partial charge in [-0.05, 0) is 12.0 Å². The van der Waals surface area contributed by atoms with Crippen LogP contribution in [-0.4, -0.2) is 5.97 Å². The molecule has 0 radical (unpaired) electrons. The Hall–Kier alpha value is -1.57. The Balaban J connectivity index is 2.78. The molecule has 68 valence electrons. The topological polar surface area (TPSA) is 40.1 Å². The van der Waals surface area contributed by atoms with Crippen molar-refractivity contribution in [1.29, 1.82) is 0 Å². The maximum Gasteiger partial charge on any atom is 0.0423 e. The summed E-state index contributed by atoms with van der Waals surface area (Å²) < 4.78 is 0. The zero-order valence-corrected chi connectivity index (χ0v) is 7.27. The van der Waals surface area contributed by atoms with E-state index in [2.05, 4.69) is 6.58 Å². The van der Waals surface area contributed by atoms with E-state index in [-0.39, 0.29) is 12.3 Å². The summed E-state index contributed by atoms with van der Waals surface area (Å²) in [4.78, 5) is 10.4. The standard InChI is InChI=1S/C11H12O2/c1-2-9(8-11(12)13)10-6-4-3-5-7-10/h2-7,9H,1,8H2,(H,12,13)/p-1/t9-/m0/s1. The minimum absolute atomic E-state index is 0.00644. The molecule has 0 aliphatic rings. The summed E-state index contributed by atoms with van der Waals surface area (Å²) in [7, 11) is 0. The third kappa shape index (κ3) is 2.75.